The topological polar surface area (TPSA) is 120 Å². The third-order valence-corrected chi connectivity index (χ3v) is 6.23. The van der Waals surface area contributed by atoms with E-state index in [0.717, 1.165) is 12.8 Å². The predicted octanol–water partition coefficient (Wildman–Crippen LogP) is 0.947. The van der Waals surface area contributed by atoms with Crippen molar-refractivity contribution in [2.45, 2.75) is 43.8 Å². The predicted molar refractivity (Wildman–Crippen MR) is 104 cm³/mol. The summed E-state index contributed by atoms with van der Waals surface area (Å²) in [5.41, 5.74) is -1.95. The number of ether oxygens (including phenoxy) is 1. The molecule has 9 nitrogen and oxygen atoms in total. The Bertz CT molecular complexity index is 997. The summed E-state index contributed by atoms with van der Waals surface area (Å²) < 4.78 is 5.27. The number of carbonyl (C=O) groups excluding carboxylic acids is 4. The van der Waals surface area contributed by atoms with E-state index in [0.29, 0.717) is 11.3 Å². The standard InChI is InChI=1S/C21H22N4O5/c1-20(12-22,13-7-8-13)23-16(26)11-30-19(29)21-10-9-17(27)25(21)15-6-4-3-5-14(15)18(28)24(21)2/h3-6,13H,7-11H2,1-2H3,(H,23,26)/t20-,21+/m0/s1. The molecule has 2 aliphatic heterocycles. The molecule has 0 aromatic heterocycles. The fourth-order valence-electron chi connectivity index (χ4n) is 4.35. The van der Waals surface area contributed by atoms with E-state index in [1.54, 1.807) is 31.2 Å². The lowest BCUT2D eigenvalue weighted by Crippen LogP contribution is -2.67. The number of anilines is 1. The van der Waals surface area contributed by atoms with Crippen molar-refractivity contribution in [2.24, 2.45) is 5.92 Å². The SMILES string of the molecule is CN1C(=O)c2ccccc2N2C(=O)CC[C@@]12C(=O)OCC(=O)N[C@@](C)(C#N)C1CC1. The second-order valence-corrected chi connectivity index (χ2v) is 8.14. The van der Waals surface area contributed by atoms with Gasteiger partial charge < -0.3 is 15.0 Å². The number of hydrogen-bond donors (Lipinski definition) is 1. The fraction of sp³-hybridized carbons (Fsp3) is 0.476. The lowest BCUT2D eigenvalue weighted by atomic mass is 9.97. The molecule has 0 bridgehead atoms. The van der Waals surface area contributed by atoms with Gasteiger partial charge in [-0.15, -0.1) is 0 Å². The van der Waals surface area contributed by atoms with E-state index in [4.69, 9.17) is 4.74 Å². The first kappa shape index (κ1) is 19.9. The van der Waals surface area contributed by atoms with Gasteiger partial charge in [0.25, 0.3) is 11.8 Å². The van der Waals surface area contributed by atoms with Crippen LogP contribution in [0.15, 0.2) is 24.3 Å². The lowest BCUT2D eigenvalue weighted by molar-refractivity contribution is -0.159. The molecular weight excluding hydrogens is 388 g/mol. The first-order chi connectivity index (χ1) is 14.2. The summed E-state index contributed by atoms with van der Waals surface area (Å²) in [5.74, 6) is -2.06. The molecule has 0 radical (unpaired) electrons. The van der Waals surface area contributed by atoms with Crippen molar-refractivity contribution in [3.8, 4) is 6.07 Å². The number of carbonyl (C=O) groups is 4. The summed E-state index contributed by atoms with van der Waals surface area (Å²) in [6.07, 6.45) is 1.86. The maximum Gasteiger partial charge on any atom is 0.354 e. The zero-order chi connectivity index (χ0) is 21.7. The summed E-state index contributed by atoms with van der Waals surface area (Å²) >= 11 is 0. The van der Waals surface area contributed by atoms with Crippen LogP contribution >= 0.6 is 0 Å². The molecule has 1 aromatic rings. The van der Waals surface area contributed by atoms with Crippen molar-refractivity contribution in [2.75, 3.05) is 18.6 Å². The highest BCUT2D eigenvalue weighted by molar-refractivity contribution is 6.15. The Morgan fingerprint density at radius 1 is 1.33 bits per heavy atom. The smallest absolute Gasteiger partial charge is 0.354 e. The van der Waals surface area contributed by atoms with Crippen molar-refractivity contribution in [3.05, 3.63) is 29.8 Å². The van der Waals surface area contributed by atoms with Crippen LogP contribution in [0.2, 0.25) is 0 Å². The molecule has 9 heteroatoms. The molecule has 1 aliphatic carbocycles. The minimum atomic E-state index is -1.63. The van der Waals surface area contributed by atoms with Crippen LogP contribution in [-0.2, 0) is 19.1 Å². The molecule has 2 fully saturated rings. The number of benzene rings is 1. The summed E-state index contributed by atoms with van der Waals surface area (Å²) in [6.45, 7) is 1.04. The summed E-state index contributed by atoms with van der Waals surface area (Å²) in [5, 5.41) is 12.0. The Balaban J connectivity index is 1.55. The highest BCUT2D eigenvalue weighted by atomic mass is 16.5. The van der Waals surface area contributed by atoms with Gasteiger partial charge in [-0.05, 0) is 37.8 Å². The molecule has 4 rings (SSSR count). The number of likely N-dealkylation sites (N-methyl/N-ethyl adjacent to an activating group) is 1. The summed E-state index contributed by atoms with van der Waals surface area (Å²) in [4.78, 5) is 53.5. The van der Waals surface area contributed by atoms with E-state index < -0.39 is 35.6 Å². The summed E-state index contributed by atoms with van der Waals surface area (Å²) in [7, 11) is 1.45. The van der Waals surface area contributed by atoms with Gasteiger partial charge in [-0.25, -0.2) is 4.79 Å². The molecule has 3 amide bonds. The molecule has 30 heavy (non-hydrogen) atoms. The van der Waals surface area contributed by atoms with E-state index in [-0.39, 0.29) is 24.7 Å². The molecular formula is C21H22N4O5. The largest absolute Gasteiger partial charge is 0.452 e. The molecule has 1 saturated heterocycles. The average molecular weight is 410 g/mol. The van der Waals surface area contributed by atoms with Crippen LogP contribution in [0.3, 0.4) is 0 Å². The van der Waals surface area contributed by atoms with Gasteiger partial charge in [-0.2, -0.15) is 5.26 Å². The number of fused-ring (bicyclic) bond motifs is 3. The lowest BCUT2D eigenvalue weighted by Gasteiger charge is -2.46. The first-order valence-corrected chi connectivity index (χ1v) is 9.84. The van der Waals surface area contributed by atoms with Gasteiger partial charge in [0.1, 0.15) is 5.54 Å². The Hall–Kier alpha value is -3.41. The van der Waals surface area contributed by atoms with Gasteiger partial charge in [0.2, 0.25) is 11.6 Å². The molecule has 0 unspecified atom stereocenters. The van der Waals surface area contributed by atoms with Crippen molar-refractivity contribution in [3.63, 3.8) is 0 Å². The number of para-hydroxylation sites is 1. The number of nitriles is 1. The van der Waals surface area contributed by atoms with Crippen LogP contribution in [0.1, 0.15) is 43.0 Å². The number of hydrogen-bond acceptors (Lipinski definition) is 6. The number of rotatable bonds is 5. The second-order valence-electron chi connectivity index (χ2n) is 8.14. The van der Waals surface area contributed by atoms with Gasteiger partial charge in [0.05, 0.1) is 17.3 Å². The van der Waals surface area contributed by atoms with E-state index in [1.165, 1.54) is 16.8 Å². The molecule has 2 heterocycles. The third kappa shape index (κ3) is 2.83. The van der Waals surface area contributed by atoms with Crippen LogP contribution in [-0.4, -0.2) is 53.4 Å². The minimum absolute atomic E-state index is 0.0703. The van der Waals surface area contributed by atoms with Gasteiger partial charge >= 0.3 is 5.97 Å². The highest BCUT2D eigenvalue weighted by Crippen LogP contribution is 2.44. The maximum absolute atomic E-state index is 13.1. The normalized spacial score (nSPS) is 24.4. The fourth-order valence-corrected chi connectivity index (χ4v) is 4.35. The quantitative estimate of drug-likeness (QED) is 0.722. The zero-order valence-corrected chi connectivity index (χ0v) is 16.8. The molecule has 1 saturated carbocycles. The molecule has 1 N–H and O–H groups in total. The van der Waals surface area contributed by atoms with E-state index in [2.05, 4.69) is 11.4 Å². The monoisotopic (exact) mass is 410 g/mol. The summed E-state index contributed by atoms with van der Waals surface area (Å²) in [6, 6.07) is 8.70. The van der Waals surface area contributed by atoms with Crippen LogP contribution < -0.4 is 10.2 Å². The number of nitrogens with zero attached hydrogens (tertiary/aromatic N) is 3. The van der Waals surface area contributed by atoms with Gasteiger partial charge in [0.15, 0.2) is 6.61 Å². The van der Waals surface area contributed by atoms with Crippen molar-refractivity contribution in [1.29, 1.82) is 5.26 Å². The van der Waals surface area contributed by atoms with Gasteiger partial charge in [0, 0.05) is 19.9 Å². The molecule has 1 aromatic carbocycles. The van der Waals surface area contributed by atoms with Crippen LogP contribution in [0, 0.1) is 17.2 Å². The third-order valence-electron chi connectivity index (χ3n) is 6.23. The Labute approximate surface area is 173 Å². The Morgan fingerprint density at radius 3 is 2.70 bits per heavy atom. The van der Waals surface area contributed by atoms with Gasteiger partial charge in [-0.3, -0.25) is 19.3 Å². The molecule has 2 atom stereocenters. The first-order valence-electron chi connectivity index (χ1n) is 9.84. The van der Waals surface area contributed by atoms with E-state index in [9.17, 15) is 24.4 Å². The molecule has 3 aliphatic rings. The van der Waals surface area contributed by atoms with E-state index in [1.807, 2.05) is 0 Å². The maximum atomic E-state index is 13.1. The number of amides is 3. The zero-order valence-electron chi connectivity index (χ0n) is 16.8. The second kappa shape index (κ2) is 6.83. The Kier molecular flexibility index (Phi) is 4.53. The van der Waals surface area contributed by atoms with Crippen molar-refractivity contribution >= 4 is 29.4 Å². The number of esters is 1. The van der Waals surface area contributed by atoms with Crippen LogP contribution in [0.4, 0.5) is 5.69 Å². The minimum Gasteiger partial charge on any atom is -0.452 e. The number of nitrogens with one attached hydrogen (secondary N) is 1. The average Bonchev–Trinajstić information content (AvgIpc) is 3.54. The van der Waals surface area contributed by atoms with Crippen molar-refractivity contribution < 1.29 is 23.9 Å². The Morgan fingerprint density at radius 2 is 2.03 bits per heavy atom. The molecule has 156 valence electrons. The van der Waals surface area contributed by atoms with E-state index >= 15 is 0 Å². The highest BCUT2D eigenvalue weighted by Gasteiger charge is 2.61. The molecule has 0 spiro atoms. The van der Waals surface area contributed by atoms with Crippen molar-refractivity contribution in [1.82, 2.24) is 10.2 Å². The van der Waals surface area contributed by atoms with Crippen LogP contribution in [0.5, 0.6) is 0 Å². The van der Waals surface area contributed by atoms with Crippen LogP contribution in [0.25, 0.3) is 0 Å². The van der Waals surface area contributed by atoms with Gasteiger partial charge in [-0.1, -0.05) is 12.1 Å².